The van der Waals surface area contributed by atoms with E-state index in [9.17, 15) is 9.18 Å². The van der Waals surface area contributed by atoms with Crippen LogP contribution in [0.1, 0.15) is 18.1 Å². The first-order valence-electron chi connectivity index (χ1n) is 10.1. The maximum atomic E-state index is 13.0. The third-order valence-electron chi connectivity index (χ3n) is 5.92. The Kier molecular flexibility index (Phi) is 5.59. The van der Waals surface area contributed by atoms with Gasteiger partial charge in [0.15, 0.2) is 6.04 Å². The number of benzene rings is 2. The maximum Gasteiger partial charge on any atom is 0.282 e. The van der Waals surface area contributed by atoms with Crippen LogP contribution in [0.15, 0.2) is 42.5 Å². The second-order valence-electron chi connectivity index (χ2n) is 7.84. The molecular formula is C22H28FN3O2+2. The SMILES string of the molecule is C[C@@H](C(=O)Nc1ccc(F)cc1)[NH+]1CC[NH+](Cc2ccc3c(c2)CCO3)CC1. The number of ether oxygens (including phenoxy) is 1. The molecule has 0 aromatic heterocycles. The van der Waals surface area contributed by atoms with Crippen LogP contribution in [-0.4, -0.2) is 44.7 Å². The van der Waals surface area contributed by atoms with Gasteiger partial charge in [0.25, 0.3) is 5.91 Å². The van der Waals surface area contributed by atoms with Crippen molar-refractivity contribution in [1.82, 2.24) is 0 Å². The van der Waals surface area contributed by atoms with Gasteiger partial charge in [0.05, 0.1) is 6.61 Å². The van der Waals surface area contributed by atoms with E-state index >= 15 is 0 Å². The first-order valence-corrected chi connectivity index (χ1v) is 10.1. The molecule has 0 saturated carbocycles. The zero-order valence-electron chi connectivity index (χ0n) is 16.3. The van der Waals surface area contributed by atoms with Crippen LogP contribution in [0.4, 0.5) is 10.1 Å². The second kappa shape index (κ2) is 8.29. The molecule has 0 unspecified atom stereocenters. The number of piperazine rings is 1. The summed E-state index contributed by atoms with van der Waals surface area (Å²) >= 11 is 0. The fourth-order valence-electron chi connectivity index (χ4n) is 4.14. The molecule has 148 valence electrons. The van der Waals surface area contributed by atoms with E-state index in [-0.39, 0.29) is 17.8 Å². The Bertz CT molecular complexity index is 832. The van der Waals surface area contributed by atoms with Crippen molar-refractivity contribution in [3.8, 4) is 5.75 Å². The van der Waals surface area contributed by atoms with Crippen LogP contribution in [0.5, 0.6) is 5.75 Å². The molecule has 1 saturated heterocycles. The lowest BCUT2D eigenvalue weighted by Gasteiger charge is -2.32. The molecule has 6 heteroatoms. The number of nitrogens with one attached hydrogen (secondary N) is 3. The number of carbonyl (C=O) groups is 1. The maximum absolute atomic E-state index is 13.0. The van der Waals surface area contributed by atoms with Gasteiger partial charge in [-0.1, -0.05) is 0 Å². The van der Waals surface area contributed by atoms with E-state index in [1.165, 1.54) is 28.2 Å². The number of carbonyl (C=O) groups excluding carboxylic acids is 1. The van der Waals surface area contributed by atoms with Gasteiger partial charge in [0, 0.05) is 17.7 Å². The van der Waals surface area contributed by atoms with Crippen molar-refractivity contribution < 1.29 is 23.7 Å². The van der Waals surface area contributed by atoms with E-state index in [1.807, 2.05) is 6.92 Å². The van der Waals surface area contributed by atoms with Crippen LogP contribution < -0.4 is 19.9 Å². The van der Waals surface area contributed by atoms with Gasteiger partial charge < -0.3 is 19.9 Å². The summed E-state index contributed by atoms with van der Waals surface area (Å²) in [6, 6.07) is 12.4. The first-order chi connectivity index (χ1) is 13.6. The molecule has 2 aliphatic rings. The number of anilines is 1. The predicted octanol–water partition coefficient (Wildman–Crippen LogP) is 0.0712. The quantitative estimate of drug-likeness (QED) is 0.682. The molecule has 3 N–H and O–H groups in total. The number of hydrogen-bond acceptors (Lipinski definition) is 2. The highest BCUT2D eigenvalue weighted by molar-refractivity contribution is 5.93. The Morgan fingerprint density at radius 2 is 1.89 bits per heavy atom. The molecule has 0 spiro atoms. The standard InChI is InChI=1S/C22H26FN3O2/c1-16(22(27)24-20-5-3-19(23)4-6-20)26-11-9-25(10-12-26)15-17-2-7-21-18(14-17)8-13-28-21/h2-7,14,16H,8-13,15H2,1H3,(H,24,27)/p+2/t16-/m0/s1. The molecule has 1 amide bonds. The fraction of sp³-hybridized carbons (Fsp3) is 0.409. The third kappa shape index (κ3) is 4.34. The van der Waals surface area contributed by atoms with E-state index in [0.29, 0.717) is 5.69 Å². The van der Waals surface area contributed by atoms with Crippen LogP contribution >= 0.6 is 0 Å². The molecule has 28 heavy (non-hydrogen) atoms. The van der Waals surface area contributed by atoms with Crippen molar-refractivity contribution in [2.45, 2.75) is 25.9 Å². The molecule has 1 fully saturated rings. The van der Waals surface area contributed by atoms with Crippen LogP contribution in [-0.2, 0) is 17.8 Å². The van der Waals surface area contributed by atoms with Crippen molar-refractivity contribution in [2.24, 2.45) is 0 Å². The van der Waals surface area contributed by atoms with E-state index in [1.54, 1.807) is 17.0 Å². The van der Waals surface area contributed by atoms with Gasteiger partial charge in [-0.3, -0.25) is 4.79 Å². The van der Waals surface area contributed by atoms with Gasteiger partial charge in [-0.05, 0) is 55.0 Å². The van der Waals surface area contributed by atoms with E-state index in [0.717, 1.165) is 51.5 Å². The number of rotatable bonds is 5. The van der Waals surface area contributed by atoms with E-state index < -0.39 is 0 Å². The van der Waals surface area contributed by atoms with Crippen LogP contribution in [0.3, 0.4) is 0 Å². The lowest BCUT2D eigenvalue weighted by atomic mass is 10.1. The van der Waals surface area contributed by atoms with Gasteiger partial charge >= 0.3 is 0 Å². The number of fused-ring (bicyclic) bond motifs is 1. The molecule has 0 aliphatic carbocycles. The van der Waals surface area contributed by atoms with Crippen molar-refractivity contribution in [2.75, 3.05) is 38.1 Å². The van der Waals surface area contributed by atoms with E-state index in [4.69, 9.17) is 4.74 Å². The largest absolute Gasteiger partial charge is 0.493 e. The number of amides is 1. The average molecular weight is 385 g/mol. The third-order valence-corrected chi connectivity index (χ3v) is 5.92. The fourth-order valence-corrected chi connectivity index (χ4v) is 4.14. The molecule has 4 rings (SSSR count). The number of halogens is 1. The normalized spacial score (nSPS) is 22.2. The summed E-state index contributed by atoms with van der Waals surface area (Å²) in [6.07, 6.45) is 1.01. The molecule has 2 heterocycles. The Morgan fingerprint density at radius 1 is 1.14 bits per heavy atom. The molecule has 2 aromatic rings. The monoisotopic (exact) mass is 385 g/mol. The van der Waals surface area contributed by atoms with Gasteiger partial charge in [-0.25, -0.2) is 4.39 Å². The summed E-state index contributed by atoms with van der Waals surface area (Å²) in [5.41, 5.74) is 3.33. The summed E-state index contributed by atoms with van der Waals surface area (Å²) in [5, 5.41) is 2.90. The minimum Gasteiger partial charge on any atom is -0.493 e. The zero-order valence-corrected chi connectivity index (χ0v) is 16.3. The number of quaternary nitrogens is 2. The van der Waals surface area contributed by atoms with Crippen molar-refractivity contribution in [3.63, 3.8) is 0 Å². The molecule has 2 aromatic carbocycles. The summed E-state index contributed by atoms with van der Waals surface area (Å²) in [6.45, 7) is 7.85. The molecule has 2 aliphatic heterocycles. The Labute approximate surface area is 165 Å². The zero-order chi connectivity index (χ0) is 19.5. The summed E-state index contributed by atoms with van der Waals surface area (Å²) in [7, 11) is 0. The van der Waals surface area contributed by atoms with Gasteiger partial charge in [-0.15, -0.1) is 0 Å². The molecule has 0 radical (unpaired) electrons. The van der Waals surface area contributed by atoms with Crippen molar-refractivity contribution >= 4 is 11.6 Å². The van der Waals surface area contributed by atoms with Crippen LogP contribution in [0.25, 0.3) is 0 Å². The van der Waals surface area contributed by atoms with Gasteiger partial charge in [-0.2, -0.15) is 0 Å². The average Bonchev–Trinajstić information content (AvgIpc) is 3.17. The highest BCUT2D eigenvalue weighted by atomic mass is 19.1. The molecular weight excluding hydrogens is 357 g/mol. The molecule has 5 nitrogen and oxygen atoms in total. The Morgan fingerprint density at radius 3 is 2.64 bits per heavy atom. The predicted molar refractivity (Wildman–Crippen MR) is 105 cm³/mol. The number of hydrogen-bond donors (Lipinski definition) is 3. The van der Waals surface area contributed by atoms with Crippen molar-refractivity contribution in [1.29, 1.82) is 0 Å². The van der Waals surface area contributed by atoms with Crippen molar-refractivity contribution in [3.05, 3.63) is 59.4 Å². The first kappa shape index (κ1) is 18.9. The van der Waals surface area contributed by atoms with Gasteiger partial charge in [0.2, 0.25) is 0 Å². The summed E-state index contributed by atoms with van der Waals surface area (Å²) < 4.78 is 18.6. The van der Waals surface area contributed by atoms with E-state index in [2.05, 4.69) is 23.5 Å². The van der Waals surface area contributed by atoms with Gasteiger partial charge in [0.1, 0.15) is 44.3 Å². The lowest BCUT2D eigenvalue weighted by molar-refractivity contribution is -1.02. The molecule has 1 atom stereocenters. The summed E-state index contributed by atoms with van der Waals surface area (Å²) in [5.74, 6) is 0.726. The van der Waals surface area contributed by atoms with Crippen LogP contribution in [0.2, 0.25) is 0 Å². The molecule has 0 bridgehead atoms. The highest BCUT2D eigenvalue weighted by Crippen LogP contribution is 2.25. The second-order valence-corrected chi connectivity index (χ2v) is 7.84. The lowest BCUT2D eigenvalue weighted by Crippen LogP contribution is -3.29. The van der Waals surface area contributed by atoms with Crippen LogP contribution in [0, 0.1) is 5.82 Å². The minimum atomic E-state index is -0.299. The smallest absolute Gasteiger partial charge is 0.282 e. The summed E-state index contributed by atoms with van der Waals surface area (Å²) in [4.78, 5) is 15.4. The minimum absolute atomic E-state index is 0.0105. The highest BCUT2D eigenvalue weighted by Gasteiger charge is 2.31. The topological polar surface area (TPSA) is 47.2 Å². The Hall–Kier alpha value is -2.44. The Balaban J connectivity index is 1.27.